The number of carbonyl (C=O) groups is 2. The van der Waals surface area contributed by atoms with Gasteiger partial charge in [-0.25, -0.2) is 13.8 Å². The van der Waals surface area contributed by atoms with Crippen molar-refractivity contribution >= 4 is 76.9 Å². The standard InChI is InChI=1S/C18H18BrFN2O5.C17H16BrFN2O2.Fe/c1-3-27-9-10-6-18(7-10,17(23)26-2)16-11-4-12(19)13(20)5-14(11)21-8-15(16)22(24)25;1-2-23-8-9-5-17(6-9)15-10-3-11(18)12(19)4-13(10)20-7-14(15)21-16(17)22;/h4-5,8,10H,3,6-7,9H2,1-2H3;3-4,7,9H,2,5-6,8H2,1H3,(H,21,22);. The van der Waals surface area contributed by atoms with Crippen molar-refractivity contribution in [3.63, 3.8) is 0 Å². The number of nitrogens with one attached hydrogen (secondary N) is 1. The molecule has 0 bridgehead atoms. The van der Waals surface area contributed by atoms with E-state index in [0.29, 0.717) is 60.6 Å². The average molecular weight is 876 g/mol. The maximum atomic E-state index is 13.9. The van der Waals surface area contributed by atoms with E-state index < -0.39 is 27.5 Å². The van der Waals surface area contributed by atoms with Crippen LogP contribution < -0.4 is 5.32 Å². The van der Waals surface area contributed by atoms with Gasteiger partial charge in [0.2, 0.25) is 5.91 Å². The number of amides is 1. The molecule has 1 spiro atoms. The largest absolute Gasteiger partial charge is 0.468 e. The molecule has 4 aromatic rings. The SMILES string of the molecule is CCOCC1CC(C(=O)OC)(c2c([N+](=O)[O-])cnc3cc(F)c(Br)cc23)C1.CCOCC1CC2(C1)C(=O)Nc1cnc3cc(F)c(Br)cc3c12.[Fe]. The Morgan fingerprint density at radius 3 is 1.94 bits per heavy atom. The Morgan fingerprint density at radius 2 is 1.43 bits per heavy atom. The Bertz CT molecular complexity index is 2030. The van der Waals surface area contributed by atoms with Gasteiger partial charge in [0.25, 0.3) is 5.69 Å². The summed E-state index contributed by atoms with van der Waals surface area (Å²) in [6, 6.07) is 5.76. The molecule has 7 rings (SSSR count). The van der Waals surface area contributed by atoms with E-state index in [-0.39, 0.29) is 56.0 Å². The Labute approximate surface area is 319 Å². The van der Waals surface area contributed by atoms with Crippen molar-refractivity contribution in [3.05, 3.63) is 78.5 Å². The molecule has 0 atom stereocenters. The molecule has 3 aliphatic rings. The van der Waals surface area contributed by atoms with Gasteiger partial charge < -0.3 is 19.5 Å². The zero-order valence-corrected chi connectivity index (χ0v) is 32.1. The fourth-order valence-electron chi connectivity index (χ4n) is 7.69. The van der Waals surface area contributed by atoms with Gasteiger partial charge in [-0.1, -0.05) is 0 Å². The van der Waals surface area contributed by atoms with Crippen molar-refractivity contribution in [2.24, 2.45) is 11.8 Å². The van der Waals surface area contributed by atoms with E-state index in [2.05, 4.69) is 47.1 Å². The summed E-state index contributed by atoms with van der Waals surface area (Å²) in [4.78, 5) is 44.7. The average Bonchev–Trinajstić information content (AvgIpc) is 3.35. The molecule has 2 fully saturated rings. The maximum Gasteiger partial charge on any atom is 0.316 e. The molecule has 0 saturated heterocycles. The van der Waals surface area contributed by atoms with Gasteiger partial charge >= 0.3 is 5.97 Å². The van der Waals surface area contributed by atoms with E-state index in [1.807, 2.05) is 13.8 Å². The smallest absolute Gasteiger partial charge is 0.316 e. The van der Waals surface area contributed by atoms with E-state index in [1.54, 1.807) is 12.3 Å². The third-order valence-electron chi connectivity index (χ3n) is 9.88. The molecule has 2 aromatic heterocycles. The predicted octanol–water partition coefficient (Wildman–Crippen LogP) is 7.67. The van der Waals surface area contributed by atoms with E-state index in [4.69, 9.17) is 14.2 Å². The number of rotatable bonds is 9. The van der Waals surface area contributed by atoms with Crippen LogP contribution in [-0.4, -0.2) is 60.3 Å². The number of esters is 1. The van der Waals surface area contributed by atoms with Gasteiger partial charge in [-0.15, -0.1) is 0 Å². The number of carbonyl (C=O) groups excluding carboxylic acids is 2. The minimum absolute atomic E-state index is 0. The molecule has 3 heterocycles. The second-order valence-corrected chi connectivity index (χ2v) is 14.6. The van der Waals surface area contributed by atoms with Crippen LogP contribution in [0.4, 0.5) is 20.2 Å². The van der Waals surface area contributed by atoms with Gasteiger partial charge in [0.1, 0.15) is 23.2 Å². The fourth-order valence-corrected chi connectivity index (χ4v) is 8.37. The predicted molar refractivity (Wildman–Crippen MR) is 188 cm³/mol. The number of hydrogen-bond donors (Lipinski definition) is 1. The zero-order valence-electron chi connectivity index (χ0n) is 27.8. The molecule has 11 nitrogen and oxygen atoms in total. The summed E-state index contributed by atoms with van der Waals surface area (Å²) in [5, 5.41) is 15.8. The third kappa shape index (κ3) is 6.91. The number of nitro groups is 1. The normalized spacial score (nSPS) is 23.0. The summed E-state index contributed by atoms with van der Waals surface area (Å²) < 4.78 is 44.1. The van der Waals surface area contributed by atoms with Crippen molar-refractivity contribution in [2.75, 3.05) is 38.9 Å². The number of pyridine rings is 2. The van der Waals surface area contributed by atoms with Crippen molar-refractivity contribution in [1.29, 1.82) is 0 Å². The number of hydrogen-bond acceptors (Lipinski definition) is 9. The number of ether oxygens (including phenoxy) is 3. The number of benzene rings is 2. The second-order valence-electron chi connectivity index (χ2n) is 12.9. The molecule has 51 heavy (non-hydrogen) atoms. The number of anilines is 1. The Morgan fingerprint density at radius 1 is 0.922 bits per heavy atom. The second kappa shape index (κ2) is 15.5. The van der Waals surface area contributed by atoms with Gasteiger partial charge in [-0.2, -0.15) is 0 Å². The molecule has 1 N–H and O–H groups in total. The van der Waals surface area contributed by atoms with Gasteiger partial charge in [0.05, 0.1) is 54.9 Å². The molecule has 2 saturated carbocycles. The molecule has 0 unspecified atom stereocenters. The molecule has 2 aromatic carbocycles. The van der Waals surface area contributed by atoms with E-state index >= 15 is 0 Å². The first-order valence-corrected chi connectivity index (χ1v) is 17.7. The number of aromatic nitrogens is 2. The summed E-state index contributed by atoms with van der Waals surface area (Å²) in [6.07, 6.45) is 4.95. The summed E-state index contributed by atoms with van der Waals surface area (Å²) in [6.45, 7) is 6.22. The Hall–Kier alpha value is -3.14. The van der Waals surface area contributed by atoms with Crippen molar-refractivity contribution in [1.82, 2.24) is 9.97 Å². The third-order valence-corrected chi connectivity index (χ3v) is 11.1. The Balaban J connectivity index is 0.000000196. The molecular formula is C35H34Br2F2FeN4O7. The van der Waals surface area contributed by atoms with Crippen LogP contribution in [0.15, 0.2) is 45.6 Å². The van der Waals surface area contributed by atoms with Gasteiger partial charge in [0.15, 0.2) is 0 Å². The van der Waals surface area contributed by atoms with Crippen LogP contribution in [0.25, 0.3) is 21.8 Å². The topological polar surface area (TPSA) is 143 Å². The number of methoxy groups -OCH3 is 1. The molecule has 2 aliphatic carbocycles. The number of nitrogens with zero attached hydrogens (tertiary/aromatic N) is 3. The maximum absolute atomic E-state index is 13.9. The van der Waals surface area contributed by atoms with Crippen LogP contribution >= 0.6 is 31.9 Å². The molecule has 0 radical (unpaired) electrons. The summed E-state index contributed by atoms with van der Waals surface area (Å²) in [7, 11) is 1.25. The van der Waals surface area contributed by atoms with E-state index in [1.165, 1.54) is 25.3 Å². The summed E-state index contributed by atoms with van der Waals surface area (Å²) in [5.74, 6) is -0.945. The monoisotopic (exact) mass is 874 g/mol. The van der Waals surface area contributed by atoms with Crippen LogP contribution in [0.2, 0.25) is 0 Å². The van der Waals surface area contributed by atoms with Crippen molar-refractivity contribution in [3.8, 4) is 0 Å². The van der Waals surface area contributed by atoms with E-state index in [9.17, 15) is 28.5 Å². The minimum atomic E-state index is -1.18. The first-order valence-electron chi connectivity index (χ1n) is 16.1. The first-order chi connectivity index (χ1) is 23.9. The van der Waals surface area contributed by atoms with Gasteiger partial charge in [0, 0.05) is 72.0 Å². The van der Waals surface area contributed by atoms with Gasteiger partial charge in [-0.3, -0.25) is 24.7 Å². The van der Waals surface area contributed by atoms with Crippen LogP contribution in [-0.2, 0) is 51.7 Å². The fraction of sp³-hybridized carbons (Fsp3) is 0.429. The van der Waals surface area contributed by atoms with Crippen LogP contribution in [0.1, 0.15) is 50.7 Å². The molecule has 1 aliphatic heterocycles. The quantitative estimate of drug-likeness (QED) is 0.0776. The summed E-state index contributed by atoms with van der Waals surface area (Å²) in [5.41, 5.74) is 0.768. The van der Waals surface area contributed by atoms with Crippen LogP contribution in [0.3, 0.4) is 0 Å². The molecular weight excluding hydrogens is 842 g/mol. The minimum Gasteiger partial charge on any atom is -0.468 e. The first kappa shape index (κ1) is 39.1. The summed E-state index contributed by atoms with van der Waals surface area (Å²) >= 11 is 6.35. The van der Waals surface area contributed by atoms with Crippen LogP contribution in [0, 0.1) is 33.6 Å². The number of fused-ring (bicyclic) bond motifs is 5. The van der Waals surface area contributed by atoms with Crippen molar-refractivity contribution < 1.29 is 54.6 Å². The molecule has 16 heteroatoms. The number of halogens is 4. The Kier molecular flexibility index (Phi) is 11.8. The molecule has 1 amide bonds. The molecule has 272 valence electrons. The zero-order chi connectivity index (χ0) is 36.0. The van der Waals surface area contributed by atoms with Crippen LogP contribution in [0.5, 0.6) is 0 Å². The van der Waals surface area contributed by atoms with Crippen molar-refractivity contribution in [2.45, 2.75) is 50.4 Å². The van der Waals surface area contributed by atoms with E-state index in [0.717, 1.165) is 35.7 Å². The van der Waals surface area contributed by atoms with Gasteiger partial charge in [-0.05, 0) is 95.4 Å².